The quantitative estimate of drug-likeness (QED) is 0.123. The second kappa shape index (κ2) is 14.3. The van der Waals surface area contributed by atoms with E-state index in [0.717, 1.165) is 73.3 Å². The number of pyridine rings is 2. The molecule has 0 aliphatic heterocycles. The van der Waals surface area contributed by atoms with E-state index in [4.69, 9.17) is 14.1 Å². The summed E-state index contributed by atoms with van der Waals surface area (Å²) in [5.74, 6) is 3.08. The number of hydrogen-bond acceptors (Lipinski definition) is 7. The van der Waals surface area contributed by atoms with Crippen LogP contribution in [0, 0.1) is 13.8 Å². The van der Waals surface area contributed by atoms with Crippen molar-refractivity contribution in [3.63, 3.8) is 0 Å². The third-order valence-electron chi connectivity index (χ3n) is 7.57. The van der Waals surface area contributed by atoms with E-state index in [0.29, 0.717) is 0 Å². The van der Waals surface area contributed by atoms with Gasteiger partial charge < -0.3 is 0 Å². The van der Waals surface area contributed by atoms with Crippen molar-refractivity contribution in [3.8, 4) is 23.0 Å². The van der Waals surface area contributed by atoms with Gasteiger partial charge in [-0.1, -0.05) is 0 Å². The van der Waals surface area contributed by atoms with Crippen molar-refractivity contribution in [2.24, 2.45) is 0 Å². The van der Waals surface area contributed by atoms with Crippen molar-refractivity contribution in [1.82, 2.24) is 9.97 Å². The monoisotopic (exact) mass is 729 g/mol. The van der Waals surface area contributed by atoms with Crippen LogP contribution in [0.2, 0.25) is 0 Å². The van der Waals surface area contributed by atoms with Gasteiger partial charge in [0.1, 0.15) is 0 Å². The van der Waals surface area contributed by atoms with Crippen molar-refractivity contribution < 1.29 is 14.1 Å². The Morgan fingerprint density at radius 1 is 0.426 bits per heavy atom. The molecule has 0 saturated carbocycles. The molecule has 0 fully saturated rings. The summed E-state index contributed by atoms with van der Waals surface area (Å²) in [7, 11) is 0. The molecule has 0 N–H and O–H groups in total. The number of nitrogens with zero attached hydrogens (tertiary/aromatic N) is 3. The molecule has 47 heavy (non-hydrogen) atoms. The van der Waals surface area contributed by atoms with Crippen molar-refractivity contribution in [1.29, 1.82) is 0 Å². The number of hydrogen-bond donors (Lipinski definition) is 0. The van der Waals surface area contributed by atoms with Gasteiger partial charge in [0.2, 0.25) is 0 Å². The Kier molecular flexibility index (Phi) is 9.39. The van der Waals surface area contributed by atoms with Crippen LogP contribution in [0.5, 0.6) is 23.0 Å². The molecule has 0 saturated heterocycles. The van der Waals surface area contributed by atoms with Crippen LogP contribution in [0.15, 0.2) is 140 Å². The normalized spacial score (nSPS) is 10.8. The van der Waals surface area contributed by atoms with E-state index in [9.17, 15) is 0 Å². The van der Waals surface area contributed by atoms with Crippen LogP contribution in [0.4, 0.5) is 17.1 Å². The molecule has 2 radical (unpaired) electrons. The van der Waals surface area contributed by atoms with E-state index in [-0.39, 0.29) is 0 Å². The first kappa shape index (κ1) is 30.8. The third-order valence-corrected chi connectivity index (χ3v) is 10.6. The Bertz CT molecular complexity index is 1990. The molecular formula is C38H29Ga2N3O4. The number of fused-ring (bicyclic) bond motifs is 2. The van der Waals surface area contributed by atoms with Gasteiger partial charge in [0, 0.05) is 0 Å². The summed E-state index contributed by atoms with van der Waals surface area (Å²) < 4.78 is 24.5. The number of benzene rings is 5. The van der Waals surface area contributed by atoms with E-state index in [1.807, 2.05) is 105 Å². The SMILES string of the molecule is Cc1ccc2cccc([O][Ga][O]c3ccc(N(c4ccccc4)c4ccc([O][Ga][O]c5cccc6ccc(C)nc56)cc4)cc3)c2n1. The molecule has 2 aromatic heterocycles. The first-order valence-corrected chi connectivity index (χ1v) is 19.1. The molecule has 0 aliphatic carbocycles. The maximum absolute atomic E-state index is 6.12. The topological polar surface area (TPSA) is 65.9 Å². The Labute approximate surface area is 290 Å². The van der Waals surface area contributed by atoms with Gasteiger partial charge in [-0.15, -0.1) is 0 Å². The average molecular weight is 731 g/mol. The average Bonchev–Trinajstić information content (AvgIpc) is 3.10. The summed E-state index contributed by atoms with van der Waals surface area (Å²) in [6.45, 7) is 3.97. The zero-order valence-electron chi connectivity index (χ0n) is 25.9. The zero-order valence-corrected chi connectivity index (χ0v) is 30.8. The summed E-state index contributed by atoms with van der Waals surface area (Å²) in [5.41, 5.74) is 6.71. The number of rotatable bonds is 11. The standard InChI is InChI=1S/C18H15NO2.2C10H9NO.2Ga/c20-17-10-6-15(7-11-17)19(14-4-2-1-3-5-14)16-8-12-18(21)13-9-16;2*1-7-5-6-8-3-2-4-9(12)10(8)11-7;;/h1-13,20-21H;2*2-6,12H,1H3;;/q;;;2*+2/p-4. The van der Waals surface area contributed by atoms with E-state index in [1.165, 1.54) is 0 Å². The summed E-state index contributed by atoms with van der Waals surface area (Å²) in [6.07, 6.45) is 0. The Morgan fingerprint density at radius 2 is 0.872 bits per heavy atom. The first-order valence-electron chi connectivity index (χ1n) is 15.2. The Morgan fingerprint density at radius 3 is 1.34 bits per heavy atom. The molecule has 0 bridgehead atoms. The van der Waals surface area contributed by atoms with Crippen LogP contribution in [0.1, 0.15) is 11.4 Å². The van der Waals surface area contributed by atoms with Gasteiger partial charge in [-0.3, -0.25) is 0 Å². The molecule has 0 unspecified atom stereocenters. The van der Waals surface area contributed by atoms with Crippen molar-refractivity contribution in [2.45, 2.75) is 13.8 Å². The van der Waals surface area contributed by atoms with Crippen LogP contribution in [-0.4, -0.2) is 46.2 Å². The number of anilines is 3. The molecule has 0 amide bonds. The van der Waals surface area contributed by atoms with Crippen LogP contribution >= 0.6 is 0 Å². The van der Waals surface area contributed by atoms with Gasteiger partial charge in [-0.25, -0.2) is 0 Å². The second-order valence-corrected chi connectivity index (χ2v) is 13.7. The van der Waals surface area contributed by atoms with Gasteiger partial charge in [0.25, 0.3) is 0 Å². The van der Waals surface area contributed by atoms with Crippen LogP contribution in [0.25, 0.3) is 21.8 Å². The van der Waals surface area contributed by atoms with Crippen LogP contribution in [-0.2, 0) is 0 Å². The molecule has 9 heteroatoms. The molecule has 7 nitrogen and oxygen atoms in total. The predicted octanol–water partition coefficient (Wildman–Crippen LogP) is 8.85. The fraction of sp³-hybridized carbons (Fsp3) is 0.0526. The summed E-state index contributed by atoms with van der Waals surface area (Å²) in [4.78, 5) is 11.5. The summed E-state index contributed by atoms with van der Waals surface area (Å²) >= 11 is -3.03. The van der Waals surface area contributed by atoms with Crippen molar-refractivity contribution in [3.05, 3.63) is 151 Å². The predicted molar refractivity (Wildman–Crippen MR) is 188 cm³/mol. The fourth-order valence-corrected chi connectivity index (χ4v) is 7.82. The summed E-state index contributed by atoms with van der Waals surface area (Å²) in [6, 6.07) is 46.6. The number of aromatic nitrogens is 2. The molecular weight excluding hydrogens is 702 g/mol. The minimum absolute atomic E-state index is 0.765. The molecule has 0 spiro atoms. The van der Waals surface area contributed by atoms with E-state index in [1.54, 1.807) is 0 Å². The minimum atomic E-state index is -1.51. The molecule has 2 heterocycles. The molecule has 0 aliphatic rings. The van der Waals surface area contributed by atoms with Gasteiger partial charge in [0.15, 0.2) is 0 Å². The van der Waals surface area contributed by atoms with Crippen LogP contribution in [0.3, 0.4) is 0 Å². The second-order valence-electron chi connectivity index (χ2n) is 10.9. The fourth-order valence-electron chi connectivity index (χ4n) is 5.26. The van der Waals surface area contributed by atoms with Crippen LogP contribution < -0.4 is 19.0 Å². The van der Waals surface area contributed by atoms with E-state index in [2.05, 4.69) is 63.4 Å². The van der Waals surface area contributed by atoms with Gasteiger partial charge in [0.05, 0.1) is 0 Å². The molecule has 7 rings (SSSR count). The molecule has 7 aromatic rings. The van der Waals surface area contributed by atoms with E-state index < -0.39 is 36.3 Å². The number of para-hydroxylation sites is 3. The molecule has 0 atom stereocenters. The van der Waals surface area contributed by atoms with Crippen molar-refractivity contribution >= 4 is 75.1 Å². The Balaban J connectivity index is 1.02. The maximum atomic E-state index is 6.12. The van der Waals surface area contributed by atoms with Gasteiger partial charge in [-0.2, -0.15) is 0 Å². The van der Waals surface area contributed by atoms with Gasteiger partial charge in [-0.05, 0) is 0 Å². The van der Waals surface area contributed by atoms with E-state index >= 15 is 0 Å². The van der Waals surface area contributed by atoms with Crippen molar-refractivity contribution in [2.75, 3.05) is 4.90 Å². The Hall–Kier alpha value is -4.81. The summed E-state index contributed by atoms with van der Waals surface area (Å²) in [5, 5.41) is 2.11. The molecule has 5 aromatic carbocycles. The first-order chi connectivity index (χ1) is 23.1. The van der Waals surface area contributed by atoms with Gasteiger partial charge >= 0.3 is 292 Å². The zero-order chi connectivity index (χ0) is 32.0. The molecule has 226 valence electrons. The number of aryl methyl sites for hydroxylation is 2. The third kappa shape index (κ3) is 7.29.